The molecule has 12 heavy (non-hydrogen) atoms. The first-order chi connectivity index (χ1) is 5.59. The number of hydrogen-bond acceptors (Lipinski definition) is 3. The van der Waals surface area contributed by atoms with Crippen molar-refractivity contribution in [3.63, 3.8) is 0 Å². The minimum Gasteiger partial charge on any atom is -0.424 e. The van der Waals surface area contributed by atoms with Crippen LogP contribution in [0.5, 0.6) is 5.75 Å². The van der Waals surface area contributed by atoms with Gasteiger partial charge in [-0.2, -0.15) is 0 Å². The summed E-state index contributed by atoms with van der Waals surface area (Å²) >= 11 is 5.23. The van der Waals surface area contributed by atoms with E-state index in [2.05, 4.69) is 20.9 Å². The molecule has 3 nitrogen and oxygen atoms in total. The summed E-state index contributed by atoms with van der Waals surface area (Å²) in [7, 11) is 0. The maximum Gasteiger partial charge on any atom is 0.308 e. The fourth-order valence-electron chi connectivity index (χ4n) is 0.630. The lowest BCUT2D eigenvalue weighted by atomic mass is 10.5. The molecule has 0 amide bonds. The molecule has 0 aliphatic rings. The molecule has 0 unspecified atom stereocenters. The Balaban J connectivity index is 2.97. The van der Waals surface area contributed by atoms with E-state index < -0.39 is 0 Å². The van der Waals surface area contributed by atoms with Gasteiger partial charge in [0.05, 0.1) is 0 Å². The number of halogens is 2. The van der Waals surface area contributed by atoms with Crippen molar-refractivity contribution < 1.29 is 9.53 Å². The van der Waals surface area contributed by atoms with Crippen molar-refractivity contribution in [3.8, 4) is 5.75 Å². The van der Waals surface area contributed by atoms with Crippen molar-refractivity contribution in [3.05, 3.63) is 20.4 Å². The second kappa shape index (κ2) is 4.18. The fraction of sp³-hybridized carbons (Fsp3) is 0.143. The first-order valence-corrected chi connectivity index (χ1v) is 4.96. The number of aromatic nitrogens is 1. The minimum atomic E-state index is -0.340. The summed E-state index contributed by atoms with van der Waals surface area (Å²) in [6, 6.07) is 1.70. The first kappa shape index (κ1) is 9.91. The molecule has 0 radical (unpaired) electrons. The molecule has 64 valence electrons. The number of nitrogens with zero attached hydrogens (tertiary/aromatic N) is 1. The summed E-state index contributed by atoms with van der Waals surface area (Å²) in [6.45, 7) is 1.36. The van der Waals surface area contributed by atoms with E-state index in [0.29, 0.717) is 9.45 Å². The first-order valence-electron chi connectivity index (χ1n) is 3.09. The fourth-order valence-corrected chi connectivity index (χ4v) is 1.35. The normalized spacial score (nSPS) is 9.58. The Kier molecular flexibility index (Phi) is 3.45. The number of esters is 1. The van der Waals surface area contributed by atoms with Crippen LogP contribution in [0, 0.1) is 3.70 Å². The van der Waals surface area contributed by atoms with Gasteiger partial charge in [-0.1, -0.05) is 0 Å². The molecule has 0 atom stereocenters. The van der Waals surface area contributed by atoms with Gasteiger partial charge in [-0.15, -0.1) is 0 Å². The van der Waals surface area contributed by atoms with Gasteiger partial charge >= 0.3 is 5.97 Å². The van der Waals surface area contributed by atoms with E-state index in [1.54, 1.807) is 12.3 Å². The second-order valence-corrected chi connectivity index (χ2v) is 3.97. The number of carbonyl (C=O) groups is 1. The molecule has 0 bridgehead atoms. The van der Waals surface area contributed by atoms with Crippen molar-refractivity contribution >= 4 is 44.5 Å². The zero-order chi connectivity index (χ0) is 9.14. The van der Waals surface area contributed by atoms with Crippen LogP contribution in [0.2, 0.25) is 0 Å². The predicted molar refractivity (Wildman–Crippen MR) is 56.0 cm³/mol. The zero-order valence-corrected chi connectivity index (χ0v) is 9.92. The second-order valence-electron chi connectivity index (χ2n) is 2.04. The van der Waals surface area contributed by atoms with Crippen LogP contribution in [0.1, 0.15) is 6.92 Å². The maximum absolute atomic E-state index is 10.6. The molecule has 0 fully saturated rings. The van der Waals surface area contributed by atoms with Gasteiger partial charge in [0.25, 0.3) is 0 Å². The van der Waals surface area contributed by atoms with Crippen molar-refractivity contribution in [1.29, 1.82) is 0 Å². The SMILES string of the molecule is CC(=O)Oc1cc(Br)cnc1I. The van der Waals surface area contributed by atoms with Crippen molar-refractivity contribution in [2.45, 2.75) is 6.92 Å². The Morgan fingerprint density at radius 1 is 1.75 bits per heavy atom. The van der Waals surface area contributed by atoms with Crippen LogP contribution in [0.25, 0.3) is 0 Å². The largest absolute Gasteiger partial charge is 0.424 e. The van der Waals surface area contributed by atoms with Crippen molar-refractivity contribution in [2.75, 3.05) is 0 Å². The Hall–Kier alpha value is -0.170. The molecular formula is C7H5BrINO2. The quantitative estimate of drug-likeness (QED) is 0.447. The summed E-state index contributed by atoms with van der Waals surface area (Å²) in [5.41, 5.74) is 0. The topological polar surface area (TPSA) is 39.2 Å². The molecule has 0 aromatic carbocycles. The summed E-state index contributed by atoms with van der Waals surface area (Å²) in [5.74, 6) is 0.144. The molecule has 0 saturated heterocycles. The van der Waals surface area contributed by atoms with E-state index in [0.717, 1.165) is 4.47 Å². The van der Waals surface area contributed by atoms with E-state index >= 15 is 0 Å². The smallest absolute Gasteiger partial charge is 0.308 e. The standard InChI is InChI=1S/C7H5BrINO2/c1-4(11)12-6-2-5(8)3-10-7(6)9/h2-3H,1H3. The monoisotopic (exact) mass is 341 g/mol. The third kappa shape index (κ3) is 2.71. The number of pyridine rings is 1. The summed E-state index contributed by atoms with van der Waals surface area (Å²) in [6.07, 6.45) is 1.65. The molecule has 1 heterocycles. The average Bonchev–Trinajstić information content (AvgIpc) is 1.96. The number of hydrogen-bond donors (Lipinski definition) is 0. The van der Waals surface area contributed by atoms with Crippen LogP contribution < -0.4 is 4.74 Å². The Labute approximate surface area is 91.8 Å². The highest BCUT2D eigenvalue weighted by Gasteiger charge is 2.04. The lowest BCUT2D eigenvalue weighted by molar-refractivity contribution is -0.131. The molecule has 1 aromatic rings. The van der Waals surface area contributed by atoms with Gasteiger partial charge in [0, 0.05) is 17.6 Å². The van der Waals surface area contributed by atoms with Gasteiger partial charge < -0.3 is 4.74 Å². The van der Waals surface area contributed by atoms with Crippen LogP contribution >= 0.6 is 38.5 Å². The zero-order valence-electron chi connectivity index (χ0n) is 6.17. The molecule has 0 N–H and O–H groups in total. The van der Waals surface area contributed by atoms with Gasteiger partial charge in [0.15, 0.2) is 5.75 Å². The average molecular weight is 342 g/mol. The van der Waals surface area contributed by atoms with Crippen molar-refractivity contribution in [2.24, 2.45) is 0 Å². The van der Waals surface area contributed by atoms with Crippen molar-refractivity contribution in [1.82, 2.24) is 4.98 Å². The third-order valence-corrected chi connectivity index (χ3v) is 2.27. The van der Waals surface area contributed by atoms with Gasteiger partial charge in [-0.25, -0.2) is 4.98 Å². The van der Waals surface area contributed by atoms with Gasteiger partial charge in [-0.3, -0.25) is 4.79 Å². The van der Waals surface area contributed by atoms with Crippen LogP contribution in [0.15, 0.2) is 16.7 Å². The molecule has 0 spiro atoms. The highest BCUT2D eigenvalue weighted by molar-refractivity contribution is 14.1. The Bertz CT molecular complexity index is 316. The van der Waals surface area contributed by atoms with Gasteiger partial charge in [0.2, 0.25) is 0 Å². The molecule has 0 aliphatic carbocycles. The summed E-state index contributed by atoms with van der Waals surface area (Å²) < 4.78 is 6.35. The Morgan fingerprint density at radius 2 is 2.42 bits per heavy atom. The highest BCUT2D eigenvalue weighted by Crippen LogP contribution is 2.22. The number of ether oxygens (including phenoxy) is 1. The molecule has 0 aliphatic heterocycles. The number of carbonyl (C=O) groups excluding carboxylic acids is 1. The van der Waals surface area contributed by atoms with Crippen LogP contribution in [0.4, 0.5) is 0 Å². The lowest BCUT2D eigenvalue weighted by Crippen LogP contribution is -2.03. The molecule has 1 aromatic heterocycles. The molecular weight excluding hydrogens is 337 g/mol. The van der Waals surface area contributed by atoms with E-state index in [1.807, 2.05) is 22.6 Å². The van der Waals surface area contributed by atoms with Gasteiger partial charge in [-0.05, 0) is 44.6 Å². The number of rotatable bonds is 1. The molecule has 0 saturated carbocycles. The third-order valence-electron chi connectivity index (χ3n) is 1.03. The molecule has 5 heteroatoms. The van der Waals surface area contributed by atoms with Crippen LogP contribution in [-0.4, -0.2) is 11.0 Å². The highest BCUT2D eigenvalue weighted by atomic mass is 127. The predicted octanol–water partition coefficient (Wildman–Crippen LogP) is 2.37. The summed E-state index contributed by atoms with van der Waals surface area (Å²) in [4.78, 5) is 14.6. The van der Waals surface area contributed by atoms with Gasteiger partial charge in [0.1, 0.15) is 3.70 Å². The maximum atomic E-state index is 10.6. The lowest BCUT2D eigenvalue weighted by Gasteiger charge is -2.02. The van der Waals surface area contributed by atoms with Crippen LogP contribution in [-0.2, 0) is 4.79 Å². The van der Waals surface area contributed by atoms with E-state index in [-0.39, 0.29) is 5.97 Å². The minimum absolute atomic E-state index is 0.340. The summed E-state index contributed by atoms with van der Waals surface area (Å²) in [5, 5.41) is 0. The molecule has 1 rings (SSSR count). The van der Waals surface area contributed by atoms with E-state index in [4.69, 9.17) is 4.74 Å². The van der Waals surface area contributed by atoms with Crippen LogP contribution in [0.3, 0.4) is 0 Å². The van der Waals surface area contributed by atoms with E-state index in [1.165, 1.54) is 6.92 Å². The van der Waals surface area contributed by atoms with E-state index in [9.17, 15) is 4.79 Å². The Morgan fingerprint density at radius 3 is 3.00 bits per heavy atom.